The summed E-state index contributed by atoms with van der Waals surface area (Å²) in [6, 6.07) is 2.23. The van der Waals surface area contributed by atoms with Gasteiger partial charge in [0.2, 0.25) is 0 Å². The summed E-state index contributed by atoms with van der Waals surface area (Å²) in [5.74, 6) is 1.82. The molecule has 0 heterocycles. The Morgan fingerprint density at radius 3 is 2.62 bits per heavy atom. The summed E-state index contributed by atoms with van der Waals surface area (Å²) >= 11 is 0. The molecule has 1 aliphatic rings. The first-order chi connectivity index (χ1) is 6.34. The molecule has 0 aliphatic heterocycles. The van der Waals surface area contributed by atoms with Crippen LogP contribution >= 0.6 is 0 Å². The minimum absolute atomic E-state index is 0.747. The Bertz CT molecular complexity index is 162. The van der Waals surface area contributed by atoms with Gasteiger partial charge in [0.1, 0.15) is 0 Å². The normalized spacial score (nSPS) is 20.9. The van der Waals surface area contributed by atoms with Crippen LogP contribution in [-0.2, 0) is 0 Å². The number of rotatable bonds is 4. The molecule has 1 fully saturated rings. The molecule has 74 valence electrons. The van der Waals surface area contributed by atoms with E-state index in [9.17, 15) is 0 Å². The molecule has 1 rings (SSSR count). The zero-order chi connectivity index (χ0) is 9.52. The lowest BCUT2D eigenvalue weighted by Gasteiger charge is -2.27. The van der Waals surface area contributed by atoms with Crippen molar-refractivity contribution in [1.29, 1.82) is 5.26 Å². The highest BCUT2D eigenvalue weighted by molar-refractivity contribution is 4.74. The average molecular weight is 179 g/mol. The molecule has 0 bridgehead atoms. The van der Waals surface area contributed by atoms with Gasteiger partial charge in [-0.3, -0.25) is 0 Å². The van der Waals surface area contributed by atoms with Gasteiger partial charge in [-0.15, -0.1) is 0 Å². The highest BCUT2D eigenvalue weighted by atomic mass is 14.3. The highest BCUT2D eigenvalue weighted by Gasteiger charge is 2.19. The molecular weight excluding hydrogens is 158 g/mol. The van der Waals surface area contributed by atoms with Crippen molar-refractivity contribution in [1.82, 2.24) is 0 Å². The van der Waals surface area contributed by atoms with E-state index in [0.29, 0.717) is 0 Å². The van der Waals surface area contributed by atoms with Crippen LogP contribution in [0.25, 0.3) is 0 Å². The van der Waals surface area contributed by atoms with E-state index in [0.717, 1.165) is 24.7 Å². The molecule has 0 aromatic carbocycles. The Kier molecular flexibility index (Phi) is 4.90. The summed E-state index contributed by atoms with van der Waals surface area (Å²) in [4.78, 5) is 0. The molecule has 1 unspecified atom stereocenters. The SMILES string of the molecule is CC(CCCC#N)C1CCCCC1. The number of hydrogen-bond donors (Lipinski definition) is 0. The standard InChI is InChI=1S/C12H21N/c1-11(7-5-6-10-13)12-8-3-2-4-9-12/h11-12H,2-9H2,1H3. The number of unbranched alkanes of at least 4 members (excludes halogenated alkanes) is 1. The van der Waals surface area contributed by atoms with Crippen molar-refractivity contribution < 1.29 is 0 Å². The molecule has 1 aliphatic carbocycles. The van der Waals surface area contributed by atoms with E-state index >= 15 is 0 Å². The summed E-state index contributed by atoms with van der Waals surface area (Å²) in [5, 5.41) is 8.44. The van der Waals surface area contributed by atoms with Gasteiger partial charge in [0, 0.05) is 6.42 Å². The molecule has 1 atom stereocenters. The number of nitrogens with zero attached hydrogens (tertiary/aromatic N) is 1. The fourth-order valence-corrected chi connectivity index (χ4v) is 2.44. The predicted molar refractivity (Wildman–Crippen MR) is 55.2 cm³/mol. The van der Waals surface area contributed by atoms with Crippen LogP contribution in [0.1, 0.15) is 58.3 Å². The fraction of sp³-hybridized carbons (Fsp3) is 0.917. The van der Waals surface area contributed by atoms with Gasteiger partial charge < -0.3 is 0 Å². The molecule has 0 saturated heterocycles. The van der Waals surface area contributed by atoms with Crippen molar-refractivity contribution in [3.05, 3.63) is 0 Å². The van der Waals surface area contributed by atoms with E-state index in [1.807, 2.05) is 0 Å². The van der Waals surface area contributed by atoms with Crippen LogP contribution in [0.15, 0.2) is 0 Å². The Morgan fingerprint density at radius 2 is 2.00 bits per heavy atom. The van der Waals surface area contributed by atoms with Crippen molar-refractivity contribution >= 4 is 0 Å². The highest BCUT2D eigenvalue weighted by Crippen LogP contribution is 2.32. The van der Waals surface area contributed by atoms with Gasteiger partial charge in [0.05, 0.1) is 6.07 Å². The third-order valence-corrected chi connectivity index (χ3v) is 3.40. The summed E-state index contributed by atoms with van der Waals surface area (Å²) < 4.78 is 0. The second-order valence-corrected chi connectivity index (χ2v) is 4.43. The molecule has 1 nitrogen and oxygen atoms in total. The van der Waals surface area contributed by atoms with Crippen LogP contribution in [-0.4, -0.2) is 0 Å². The lowest BCUT2D eigenvalue weighted by molar-refractivity contribution is 0.249. The molecule has 13 heavy (non-hydrogen) atoms. The summed E-state index contributed by atoms with van der Waals surface area (Å²) in [6.07, 6.45) is 10.3. The first-order valence-electron chi connectivity index (χ1n) is 5.71. The molecule has 0 aromatic rings. The van der Waals surface area contributed by atoms with E-state index < -0.39 is 0 Å². The van der Waals surface area contributed by atoms with Gasteiger partial charge in [-0.1, -0.05) is 39.0 Å². The Labute approximate surface area is 82.1 Å². The Hall–Kier alpha value is -0.510. The topological polar surface area (TPSA) is 23.8 Å². The molecule has 1 saturated carbocycles. The van der Waals surface area contributed by atoms with Gasteiger partial charge in [0.25, 0.3) is 0 Å². The Morgan fingerprint density at radius 1 is 1.31 bits per heavy atom. The van der Waals surface area contributed by atoms with Gasteiger partial charge in [0.15, 0.2) is 0 Å². The largest absolute Gasteiger partial charge is 0.198 e. The van der Waals surface area contributed by atoms with Crippen LogP contribution < -0.4 is 0 Å². The van der Waals surface area contributed by atoms with Crippen molar-refractivity contribution in [2.75, 3.05) is 0 Å². The zero-order valence-corrected chi connectivity index (χ0v) is 8.76. The van der Waals surface area contributed by atoms with Crippen LogP contribution in [0.3, 0.4) is 0 Å². The summed E-state index contributed by atoms with van der Waals surface area (Å²) in [7, 11) is 0. The van der Waals surface area contributed by atoms with E-state index in [1.165, 1.54) is 38.5 Å². The van der Waals surface area contributed by atoms with E-state index in [4.69, 9.17) is 5.26 Å². The van der Waals surface area contributed by atoms with E-state index in [2.05, 4.69) is 13.0 Å². The maximum absolute atomic E-state index is 8.44. The molecule has 0 aromatic heterocycles. The molecular formula is C12H21N. The quantitative estimate of drug-likeness (QED) is 0.600. The lowest BCUT2D eigenvalue weighted by atomic mass is 9.79. The summed E-state index contributed by atoms with van der Waals surface area (Å²) in [6.45, 7) is 2.37. The van der Waals surface area contributed by atoms with Crippen LogP contribution in [0, 0.1) is 23.2 Å². The third-order valence-electron chi connectivity index (χ3n) is 3.40. The fourth-order valence-electron chi connectivity index (χ4n) is 2.44. The van der Waals surface area contributed by atoms with Crippen LogP contribution in [0.2, 0.25) is 0 Å². The van der Waals surface area contributed by atoms with Gasteiger partial charge in [-0.05, 0) is 24.7 Å². The average Bonchev–Trinajstić information content (AvgIpc) is 2.19. The molecule has 0 N–H and O–H groups in total. The first-order valence-corrected chi connectivity index (χ1v) is 5.71. The second kappa shape index (κ2) is 6.02. The second-order valence-electron chi connectivity index (χ2n) is 4.43. The van der Waals surface area contributed by atoms with Crippen molar-refractivity contribution in [2.45, 2.75) is 58.3 Å². The van der Waals surface area contributed by atoms with E-state index in [1.54, 1.807) is 0 Å². The van der Waals surface area contributed by atoms with Crippen LogP contribution in [0.5, 0.6) is 0 Å². The van der Waals surface area contributed by atoms with Crippen molar-refractivity contribution in [3.8, 4) is 6.07 Å². The minimum atomic E-state index is 0.747. The minimum Gasteiger partial charge on any atom is -0.198 e. The van der Waals surface area contributed by atoms with Crippen LogP contribution in [0.4, 0.5) is 0 Å². The molecule has 0 amide bonds. The number of hydrogen-bond acceptors (Lipinski definition) is 1. The molecule has 0 radical (unpaired) electrons. The smallest absolute Gasteiger partial charge is 0.0621 e. The van der Waals surface area contributed by atoms with Gasteiger partial charge in [-0.25, -0.2) is 0 Å². The first kappa shape index (κ1) is 10.6. The third kappa shape index (κ3) is 3.81. The monoisotopic (exact) mass is 179 g/mol. The van der Waals surface area contributed by atoms with Crippen molar-refractivity contribution in [3.63, 3.8) is 0 Å². The maximum Gasteiger partial charge on any atom is 0.0621 e. The van der Waals surface area contributed by atoms with Crippen molar-refractivity contribution in [2.24, 2.45) is 11.8 Å². The van der Waals surface area contributed by atoms with Gasteiger partial charge >= 0.3 is 0 Å². The van der Waals surface area contributed by atoms with E-state index in [-0.39, 0.29) is 0 Å². The number of nitriles is 1. The summed E-state index contributed by atoms with van der Waals surface area (Å²) in [5.41, 5.74) is 0. The molecule has 0 spiro atoms. The lowest BCUT2D eigenvalue weighted by Crippen LogP contribution is -2.15. The molecule has 1 heteroatoms. The maximum atomic E-state index is 8.44. The van der Waals surface area contributed by atoms with Gasteiger partial charge in [-0.2, -0.15) is 5.26 Å². The predicted octanol–water partition coefficient (Wildman–Crippen LogP) is 3.90. The zero-order valence-electron chi connectivity index (χ0n) is 8.76. The Balaban J connectivity index is 2.14.